The number of carbonyl (C=O) groups excluding carboxylic acids is 2. The number of aryl methyl sites for hydroxylation is 1. The van der Waals surface area contributed by atoms with E-state index < -0.39 is 43.6 Å². The molecule has 4 aromatic rings. The smallest absolute Gasteiger partial charge is 0.344 e. The fourth-order valence-corrected chi connectivity index (χ4v) is 9.41. The highest BCUT2D eigenvalue weighted by molar-refractivity contribution is 8.33. The molecule has 0 saturated heterocycles. The number of rotatable bonds is 12. The Morgan fingerprint density at radius 1 is 0.625 bits per heavy atom. The molecule has 4 rings (SSSR count). The zero-order valence-electron chi connectivity index (χ0n) is 28.1. The van der Waals surface area contributed by atoms with Gasteiger partial charge in [-0.2, -0.15) is 8.42 Å². The van der Waals surface area contributed by atoms with Gasteiger partial charge in [0.05, 0.1) is 4.90 Å². The molecule has 0 radical (unpaired) electrons. The van der Waals surface area contributed by atoms with Crippen LogP contribution < -0.4 is 9.47 Å². The van der Waals surface area contributed by atoms with Gasteiger partial charge in [-0.1, -0.05) is 23.8 Å². The number of pyridine rings is 1. The summed E-state index contributed by atoms with van der Waals surface area (Å²) in [5, 5.41) is 0.366. The van der Waals surface area contributed by atoms with Crippen LogP contribution >= 0.6 is 10.3 Å². The fraction of sp³-hybridized carbons (Fsp3) is 0.306. The minimum absolute atomic E-state index is 0.0180. The number of esters is 2. The van der Waals surface area contributed by atoms with E-state index in [2.05, 4.69) is 4.98 Å². The summed E-state index contributed by atoms with van der Waals surface area (Å²) >= 11 is 0. The fourth-order valence-electron chi connectivity index (χ4n) is 4.37. The molecular formula is C36H41NO9S2. The third-order valence-corrected chi connectivity index (χ3v) is 11.4. The monoisotopic (exact) mass is 695 g/mol. The molecular weight excluding hydrogens is 655 g/mol. The average Bonchev–Trinajstić information content (AvgIpc) is 3.01. The minimum atomic E-state index is -4.36. The maximum absolute atomic E-state index is 14.0. The molecule has 1 aromatic heterocycles. The van der Waals surface area contributed by atoms with Crippen LogP contribution in [0.5, 0.6) is 11.5 Å². The van der Waals surface area contributed by atoms with Crippen molar-refractivity contribution in [1.29, 1.82) is 0 Å². The Morgan fingerprint density at radius 2 is 1.06 bits per heavy atom. The van der Waals surface area contributed by atoms with Gasteiger partial charge < -0.3 is 18.9 Å². The zero-order chi connectivity index (χ0) is 35.2. The van der Waals surface area contributed by atoms with E-state index in [1.165, 1.54) is 12.1 Å². The zero-order valence-corrected chi connectivity index (χ0v) is 29.7. The van der Waals surface area contributed by atoms with Crippen LogP contribution in [0.1, 0.15) is 47.1 Å². The average molecular weight is 696 g/mol. The van der Waals surface area contributed by atoms with Crippen LogP contribution in [0.25, 0.3) is 0 Å². The van der Waals surface area contributed by atoms with Crippen LogP contribution in [0.3, 0.4) is 0 Å². The van der Waals surface area contributed by atoms with Crippen LogP contribution in [-0.2, 0) is 32.8 Å². The lowest BCUT2D eigenvalue weighted by molar-refractivity contribution is -0.158. The van der Waals surface area contributed by atoms with Gasteiger partial charge in [0.1, 0.15) is 27.7 Å². The Balaban J connectivity index is 1.77. The second-order valence-corrected chi connectivity index (χ2v) is 17.1. The topological polar surface area (TPSA) is 127 Å². The summed E-state index contributed by atoms with van der Waals surface area (Å²) in [5.74, 6) is -0.319. The quantitative estimate of drug-likeness (QED) is 0.138. The van der Waals surface area contributed by atoms with Gasteiger partial charge in [0.25, 0.3) is 0 Å². The number of hydrogen-bond donors (Lipinski definition) is 0. The summed E-state index contributed by atoms with van der Waals surface area (Å²) in [4.78, 5) is 30.0. The summed E-state index contributed by atoms with van der Waals surface area (Å²) in [6.45, 7) is 11.9. The van der Waals surface area contributed by atoms with E-state index in [4.69, 9.17) is 22.6 Å². The molecule has 0 N–H and O–H groups in total. The van der Waals surface area contributed by atoms with Crippen molar-refractivity contribution in [2.75, 3.05) is 13.2 Å². The third-order valence-electron chi connectivity index (χ3n) is 6.30. The van der Waals surface area contributed by atoms with E-state index >= 15 is 0 Å². The Kier molecular flexibility index (Phi) is 11.2. The first kappa shape index (κ1) is 36.4. The Bertz CT molecular complexity index is 1720. The minimum Gasteiger partial charge on any atom is -0.482 e. The lowest BCUT2D eigenvalue weighted by Crippen LogP contribution is -2.27. The molecule has 0 fully saturated rings. The molecule has 0 unspecified atom stereocenters. The summed E-state index contributed by atoms with van der Waals surface area (Å²) in [6, 6.07) is 24.8. The largest absolute Gasteiger partial charge is 0.482 e. The van der Waals surface area contributed by atoms with E-state index in [1.54, 1.807) is 127 Å². The molecule has 0 aliphatic carbocycles. The molecule has 12 heteroatoms. The second kappa shape index (κ2) is 14.8. The van der Waals surface area contributed by atoms with E-state index in [0.717, 1.165) is 5.56 Å². The lowest BCUT2D eigenvalue weighted by atomic mass is 10.2. The highest BCUT2D eigenvalue weighted by Gasteiger charge is 2.39. The van der Waals surface area contributed by atoms with Gasteiger partial charge in [0.15, 0.2) is 13.2 Å². The lowest BCUT2D eigenvalue weighted by Gasteiger charge is -2.38. The molecule has 0 saturated carbocycles. The molecule has 0 amide bonds. The first-order valence-corrected chi connectivity index (χ1v) is 18.1. The van der Waals surface area contributed by atoms with Gasteiger partial charge in [-0.25, -0.2) is 18.2 Å². The van der Waals surface area contributed by atoms with Gasteiger partial charge in [0.2, 0.25) is 0 Å². The maximum atomic E-state index is 14.0. The highest BCUT2D eigenvalue weighted by Crippen LogP contribution is 2.69. The molecule has 256 valence electrons. The van der Waals surface area contributed by atoms with E-state index in [0.29, 0.717) is 26.3 Å². The number of hydrogen-bond acceptors (Lipinski definition) is 10. The van der Waals surface area contributed by atoms with Crippen molar-refractivity contribution in [3.63, 3.8) is 0 Å². The predicted molar refractivity (Wildman–Crippen MR) is 182 cm³/mol. The predicted octanol–water partition coefficient (Wildman–Crippen LogP) is 7.43. The van der Waals surface area contributed by atoms with E-state index in [9.17, 15) is 18.0 Å². The molecule has 0 aliphatic rings. The molecule has 0 spiro atoms. The highest BCUT2D eigenvalue weighted by atomic mass is 32.3. The first-order chi connectivity index (χ1) is 22.5. The van der Waals surface area contributed by atoms with Crippen molar-refractivity contribution >= 4 is 32.4 Å². The first-order valence-electron chi connectivity index (χ1n) is 15.1. The number of ether oxygens (including phenoxy) is 4. The van der Waals surface area contributed by atoms with Crippen molar-refractivity contribution in [2.24, 2.45) is 0 Å². The number of aromatic nitrogens is 1. The molecule has 48 heavy (non-hydrogen) atoms. The van der Waals surface area contributed by atoms with Crippen molar-refractivity contribution in [2.45, 2.75) is 79.4 Å². The summed E-state index contributed by atoms with van der Waals surface area (Å²) in [6.07, 6.45) is 1.57. The van der Waals surface area contributed by atoms with Gasteiger partial charge in [-0.3, -0.25) is 0 Å². The summed E-state index contributed by atoms with van der Waals surface area (Å²) < 4.78 is 56.4. The van der Waals surface area contributed by atoms with Gasteiger partial charge in [-0.05, 0) is 132 Å². The number of nitrogens with zero attached hydrogens (tertiary/aromatic N) is 1. The SMILES string of the molecule is Cc1ccc(S(=O)(=O)OS(c2ccc(OCC(=O)OC(C)(C)C)cc2)(c2ccc(OCC(=O)OC(C)(C)C)cc2)c2ccccn2)cc1. The van der Waals surface area contributed by atoms with Crippen molar-refractivity contribution in [3.8, 4) is 11.5 Å². The molecule has 0 bridgehead atoms. The number of carbonyl (C=O) groups is 2. The molecule has 10 nitrogen and oxygen atoms in total. The van der Waals surface area contributed by atoms with Crippen molar-refractivity contribution < 1.29 is 40.6 Å². The van der Waals surface area contributed by atoms with Crippen LogP contribution in [-0.4, -0.2) is 49.8 Å². The van der Waals surface area contributed by atoms with Crippen LogP contribution in [0.4, 0.5) is 0 Å². The van der Waals surface area contributed by atoms with Crippen LogP contribution in [0.2, 0.25) is 0 Å². The van der Waals surface area contributed by atoms with Gasteiger partial charge in [-0.15, -0.1) is 0 Å². The Hall–Kier alpha value is -4.39. The van der Waals surface area contributed by atoms with E-state index in [-0.39, 0.29) is 18.1 Å². The molecule has 1 heterocycles. The second-order valence-electron chi connectivity index (χ2n) is 12.8. The Morgan fingerprint density at radius 3 is 1.46 bits per heavy atom. The van der Waals surface area contributed by atoms with Gasteiger partial charge >= 0.3 is 22.1 Å². The maximum Gasteiger partial charge on any atom is 0.344 e. The normalized spacial score (nSPS) is 12.6. The molecule has 0 aliphatic heterocycles. The standard InChI is InChI=1S/C36H41NO9S2/c1-26-11-17-31(18-12-26)48(40,41)46-47(32-10-8-9-23-37-32,29-19-13-27(14-20-29)42-24-33(38)44-35(2,3)4)30-21-15-28(16-22-30)43-25-34(39)45-36(5,6)7/h8-23H,24-25H2,1-7H3. The third kappa shape index (κ3) is 9.82. The van der Waals surface area contributed by atoms with Crippen LogP contribution in [0.15, 0.2) is 117 Å². The summed E-state index contributed by atoms with van der Waals surface area (Å²) in [5.41, 5.74) is -0.430. The molecule has 0 atom stereocenters. The van der Waals surface area contributed by atoms with Crippen molar-refractivity contribution in [1.82, 2.24) is 4.98 Å². The van der Waals surface area contributed by atoms with Crippen molar-refractivity contribution in [3.05, 3.63) is 103 Å². The Labute approximate surface area is 284 Å². The van der Waals surface area contributed by atoms with Crippen LogP contribution in [0, 0.1) is 6.92 Å². The molecule has 3 aromatic carbocycles. The van der Waals surface area contributed by atoms with E-state index in [1.807, 2.05) is 6.92 Å². The number of benzene rings is 3. The summed E-state index contributed by atoms with van der Waals surface area (Å²) in [7, 11) is -7.45. The van der Waals surface area contributed by atoms with Gasteiger partial charge in [0, 0.05) is 16.0 Å².